The second-order valence-corrected chi connectivity index (χ2v) is 6.78. The number of ether oxygens (including phenoxy) is 2. The Morgan fingerprint density at radius 2 is 2.00 bits per heavy atom. The normalized spacial score (nSPS) is 22.6. The zero-order valence-corrected chi connectivity index (χ0v) is 15.8. The maximum atomic E-state index is 12.7. The zero-order valence-electron chi connectivity index (χ0n) is 15.8. The van der Waals surface area contributed by atoms with Gasteiger partial charge in [0.25, 0.3) is 0 Å². The number of aliphatic imine (C=N–C) groups is 1. The average Bonchev–Trinajstić information content (AvgIpc) is 2.61. The summed E-state index contributed by atoms with van der Waals surface area (Å²) in [6.07, 6.45) is 2.18. The number of benzene rings is 1. The molecule has 0 N–H and O–H groups in total. The van der Waals surface area contributed by atoms with E-state index in [1.807, 2.05) is 32.0 Å². The van der Waals surface area contributed by atoms with Gasteiger partial charge in [-0.1, -0.05) is 6.07 Å². The van der Waals surface area contributed by atoms with Gasteiger partial charge in [0, 0.05) is 29.3 Å². The van der Waals surface area contributed by atoms with Gasteiger partial charge in [-0.2, -0.15) is 0 Å². The fourth-order valence-corrected chi connectivity index (χ4v) is 4.10. The zero-order chi connectivity index (χ0) is 18.8. The van der Waals surface area contributed by atoms with Crippen molar-refractivity contribution in [2.24, 2.45) is 10.9 Å². The molecular formula is C21H25NO4. The molecule has 1 aliphatic heterocycles. The maximum Gasteiger partial charge on any atom is 0.161 e. The number of carbonyl (C=O) groups is 2. The molecule has 2 atom stereocenters. The Balaban J connectivity index is 2.14. The Bertz CT molecular complexity index is 806. The van der Waals surface area contributed by atoms with Crippen molar-refractivity contribution in [1.29, 1.82) is 0 Å². The maximum absolute atomic E-state index is 12.7. The number of methoxy groups -OCH3 is 1. The third-order valence-electron chi connectivity index (χ3n) is 5.13. The molecule has 0 bridgehead atoms. The highest BCUT2D eigenvalue weighted by molar-refractivity contribution is 6.12. The fraction of sp³-hybridized carbons (Fsp3) is 0.476. The first kappa shape index (κ1) is 18.4. The number of Topliss-reactive ketones (excluding diaryl/α,β-unsaturated/α-hetero) is 2. The minimum atomic E-state index is -0.353. The van der Waals surface area contributed by atoms with Crippen molar-refractivity contribution < 1.29 is 19.1 Å². The van der Waals surface area contributed by atoms with Crippen LogP contribution in [0.3, 0.4) is 0 Å². The Hall–Kier alpha value is -2.43. The summed E-state index contributed by atoms with van der Waals surface area (Å²) in [5.74, 6) is 0.729. The highest BCUT2D eigenvalue weighted by Crippen LogP contribution is 2.44. The lowest BCUT2D eigenvalue weighted by molar-refractivity contribution is -0.122. The number of allylic oxidation sites excluding steroid dienone is 2. The largest absolute Gasteiger partial charge is 0.493 e. The first-order valence-corrected chi connectivity index (χ1v) is 9.10. The van der Waals surface area contributed by atoms with E-state index < -0.39 is 0 Å². The van der Waals surface area contributed by atoms with Gasteiger partial charge in [0.1, 0.15) is 5.78 Å². The number of hydrogen-bond donors (Lipinski definition) is 0. The van der Waals surface area contributed by atoms with Gasteiger partial charge in [0.05, 0.1) is 19.6 Å². The summed E-state index contributed by atoms with van der Waals surface area (Å²) >= 11 is 0. The molecule has 1 aliphatic carbocycles. The summed E-state index contributed by atoms with van der Waals surface area (Å²) in [4.78, 5) is 29.8. The van der Waals surface area contributed by atoms with Crippen LogP contribution in [-0.4, -0.2) is 31.0 Å². The van der Waals surface area contributed by atoms with Crippen molar-refractivity contribution >= 4 is 17.3 Å². The predicted molar refractivity (Wildman–Crippen MR) is 100 cm³/mol. The number of carbonyl (C=O) groups excluding carboxylic acids is 2. The molecule has 0 saturated heterocycles. The van der Waals surface area contributed by atoms with Crippen LogP contribution in [0, 0.1) is 5.92 Å². The highest BCUT2D eigenvalue weighted by atomic mass is 16.5. The average molecular weight is 355 g/mol. The molecule has 1 heterocycles. The van der Waals surface area contributed by atoms with E-state index in [0.717, 1.165) is 29.8 Å². The Morgan fingerprint density at radius 1 is 1.23 bits per heavy atom. The van der Waals surface area contributed by atoms with Gasteiger partial charge in [-0.05, 0) is 51.3 Å². The SMILES string of the molecule is CCOc1ccc([C@H]2C(C(C)=O)=C(C)N=C3CCCC(=O)C32)cc1OC. The number of hydrogen-bond acceptors (Lipinski definition) is 5. The first-order valence-electron chi connectivity index (χ1n) is 9.10. The van der Waals surface area contributed by atoms with Crippen molar-refractivity contribution in [1.82, 2.24) is 0 Å². The van der Waals surface area contributed by atoms with Crippen molar-refractivity contribution in [3.63, 3.8) is 0 Å². The molecule has 2 aliphatic rings. The van der Waals surface area contributed by atoms with Crippen LogP contribution in [-0.2, 0) is 9.59 Å². The Labute approximate surface area is 154 Å². The first-order chi connectivity index (χ1) is 12.5. The van der Waals surface area contributed by atoms with Crippen LogP contribution in [0.15, 0.2) is 34.5 Å². The number of rotatable bonds is 5. The smallest absolute Gasteiger partial charge is 0.161 e. The summed E-state index contributed by atoms with van der Waals surface area (Å²) in [6.45, 7) is 5.86. The number of fused-ring (bicyclic) bond motifs is 1. The van der Waals surface area contributed by atoms with E-state index in [1.165, 1.54) is 0 Å². The van der Waals surface area contributed by atoms with Gasteiger partial charge in [0.15, 0.2) is 17.3 Å². The summed E-state index contributed by atoms with van der Waals surface area (Å²) in [5.41, 5.74) is 3.14. The molecule has 1 unspecified atom stereocenters. The molecule has 1 saturated carbocycles. The molecule has 0 aromatic heterocycles. The van der Waals surface area contributed by atoms with Gasteiger partial charge in [0.2, 0.25) is 0 Å². The minimum Gasteiger partial charge on any atom is -0.493 e. The second kappa shape index (κ2) is 7.44. The molecule has 26 heavy (non-hydrogen) atoms. The molecule has 0 spiro atoms. The molecule has 1 fully saturated rings. The lowest BCUT2D eigenvalue weighted by Crippen LogP contribution is -2.38. The van der Waals surface area contributed by atoms with E-state index in [-0.39, 0.29) is 23.4 Å². The lowest BCUT2D eigenvalue weighted by Gasteiger charge is -2.35. The van der Waals surface area contributed by atoms with E-state index >= 15 is 0 Å². The minimum absolute atomic E-state index is 0.0403. The van der Waals surface area contributed by atoms with Crippen molar-refractivity contribution in [3.8, 4) is 11.5 Å². The highest BCUT2D eigenvalue weighted by Gasteiger charge is 2.42. The van der Waals surface area contributed by atoms with Crippen molar-refractivity contribution in [2.45, 2.75) is 46.0 Å². The monoisotopic (exact) mass is 355 g/mol. The van der Waals surface area contributed by atoms with Crippen molar-refractivity contribution in [2.75, 3.05) is 13.7 Å². The van der Waals surface area contributed by atoms with E-state index in [1.54, 1.807) is 14.0 Å². The predicted octanol–water partition coefficient (Wildman–Crippen LogP) is 3.86. The van der Waals surface area contributed by atoms with Crippen LogP contribution in [0.1, 0.15) is 51.5 Å². The molecule has 0 radical (unpaired) electrons. The summed E-state index contributed by atoms with van der Waals surface area (Å²) in [6, 6.07) is 5.67. The molecule has 138 valence electrons. The van der Waals surface area contributed by atoms with E-state index in [9.17, 15) is 9.59 Å². The summed E-state index contributed by atoms with van der Waals surface area (Å²) in [7, 11) is 1.59. The van der Waals surface area contributed by atoms with Crippen LogP contribution in [0.25, 0.3) is 0 Å². The molecule has 5 heteroatoms. The van der Waals surface area contributed by atoms with Gasteiger partial charge in [-0.25, -0.2) is 0 Å². The van der Waals surface area contributed by atoms with Gasteiger partial charge in [-0.3, -0.25) is 14.6 Å². The van der Waals surface area contributed by atoms with E-state index in [4.69, 9.17) is 9.47 Å². The molecule has 3 rings (SSSR count). The van der Waals surface area contributed by atoms with Crippen LogP contribution in [0.4, 0.5) is 0 Å². The third-order valence-corrected chi connectivity index (χ3v) is 5.13. The Morgan fingerprint density at radius 3 is 2.65 bits per heavy atom. The van der Waals surface area contributed by atoms with Gasteiger partial charge < -0.3 is 9.47 Å². The van der Waals surface area contributed by atoms with Crippen LogP contribution in [0.5, 0.6) is 11.5 Å². The van der Waals surface area contributed by atoms with Gasteiger partial charge in [-0.15, -0.1) is 0 Å². The van der Waals surface area contributed by atoms with Crippen LogP contribution < -0.4 is 9.47 Å². The van der Waals surface area contributed by atoms with Gasteiger partial charge >= 0.3 is 0 Å². The van der Waals surface area contributed by atoms with E-state index in [2.05, 4.69) is 4.99 Å². The molecule has 0 amide bonds. The summed E-state index contributed by atoms with van der Waals surface area (Å²) in [5, 5.41) is 0. The number of nitrogens with zero attached hydrogens (tertiary/aromatic N) is 1. The molecule has 1 aromatic rings. The van der Waals surface area contributed by atoms with Crippen LogP contribution in [0.2, 0.25) is 0 Å². The Kier molecular flexibility index (Phi) is 5.25. The molecular weight excluding hydrogens is 330 g/mol. The van der Waals surface area contributed by atoms with E-state index in [0.29, 0.717) is 30.1 Å². The topological polar surface area (TPSA) is 65.0 Å². The van der Waals surface area contributed by atoms with Crippen LogP contribution >= 0.6 is 0 Å². The lowest BCUT2D eigenvalue weighted by atomic mass is 9.69. The fourth-order valence-electron chi connectivity index (χ4n) is 4.10. The molecule has 1 aromatic carbocycles. The standard InChI is InChI=1S/C21H25NO4/c1-5-26-17-10-9-14(11-18(17)25-4)20-19(13(3)23)12(2)22-15-7-6-8-16(24)21(15)20/h9-11,20-21H,5-8H2,1-4H3/t20-,21?/m0/s1. The second-order valence-electron chi connectivity index (χ2n) is 6.78. The quantitative estimate of drug-likeness (QED) is 0.804. The van der Waals surface area contributed by atoms with Crippen molar-refractivity contribution in [3.05, 3.63) is 35.0 Å². The number of ketones is 2. The summed E-state index contributed by atoms with van der Waals surface area (Å²) < 4.78 is 11.1. The molecule has 5 nitrogen and oxygen atoms in total. The third kappa shape index (κ3) is 3.18.